The summed E-state index contributed by atoms with van der Waals surface area (Å²) in [6.07, 6.45) is 0.535. The number of hydrogen-bond donors (Lipinski definition) is 0. The first-order valence-electron chi connectivity index (χ1n) is 6.24. The zero-order valence-corrected chi connectivity index (χ0v) is 13.1. The fourth-order valence-corrected chi connectivity index (χ4v) is 2.74. The molecular formula is C14H16Cl3NO. The third kappa shape index (κ3) is 3.56. The minimum atomic E-state index is -0.876. The number of carbonyl (C=O) groups is 1. The molecule has 1 aromatic carbocycles. The summed E-state index contributed by atoms with van der Waals surface area (Å²) in [7, 11) is 0. The molecule has 0 heterocycles. The van der Waals surface area contributed by atoms with Crippen LogP contribution < -0.4 is 0 Å². The van der Waals surface area contributed by atoms with Crippen LogP contribution in [0.1, 0.15) is 25.8 Å². The molecule has 0 aromatic heterocycles. The van der Waals surface area contributed by atoms with E-state index in [0.29, 0.717) is 18.0 Å². The molecule has 104 valence electrons. The summed E-state index contributed by atoms with van der Waals surface area (Å²) in [5.41, 5.74) is 1.00. The van der Waals surface area contributed by atoms with Gasteiger partial charge in [-0.3, -0.25) is 4.79 Å². The predicted molar refractivity (Wildman–Crippen MR) is 79.7 cm³/mol. The fraction of sp³-hybridized carbons (Fsp3) is 0.500. The van der Waals surface area contributed by atoms with E-state index in [1.807, 2.05) is 38.1 Å². The second-order valence-electron chi connectivity index (χ2n) is 5.21. The van der Waals surface area contributed by atoms with Gasteiger partial charge in [-0.2, -0.15) is 0 Å². The van der Waals surface area contributed by atoms with E-state index in [-0.39, 0.29) is 17.9 Å². The van der Waals surface area contributed by atoms with E-state index in [1.165, 1.54) is 0 Å². The van der Waals surface area contributed by atoms with Gasteiger partial charge in [0, 0.05) is 17.6 Å². The number of benzene rings is 1. The highest BCUT2D eigenvalue weighted by Gasteiger charge is 2.57. The summed E-state index contributed by atoms with van der Waals surface area (Å²) < 4.78 is -0.876. The van der Waals surface area contributed by atoms with Crippen molar-refractivity contribution in [3.8, 4) is 0 Å². The number of amides is 1. The van der Waals surface area contributed by atoms with Crippen molar-refractivity contribution in [1.82, 2.24) is 4.90 Å². The van der Waals surface area contributed by atoms with Crippen LogP contribution in [0.3, 0.4) is 0 Å². The topological polar surface area (TPSA) is 20.3 Å². The van der Waals surface area contributed by atoms with Crippen molar-refractivity contribution in [2.75, 3.05) is 0 Å². The molecule has 1 amide bonds. The molecule has 1 aromatic rings. The molecule has 2 rings (SSSR count). The number of carbonyl (C=O) groups excluding carboxylic acids is 1. The third-order valence-corrected chi connectivity index (χ3v) is 4.34. The Morgan fingerprint density at radius 1 is 1.47 bits per heavy atom. The molecule has 1 fully saturated rings. The van der Waals surface area contributed by atoms with Crippen molar-refractivity contribution in [2.24, 2.45) is 5.92 Å². The normalized spacial score (nSPS) is 20.4. The monoisotopic (exact) mass is 319 g/mol. The number of alkyl halides is 2. The van der Waals surface area contributed by atoms with E-state index >= 15 is 0 Å². The van der Waals surface area contributed by atoms with E-state index in [2.05, 4.69) is 0 Å². The molecular weight excluding hydrogens is 305 g/mol. The second kappa shape index (κ2) is 5.51. The lowest BCUT2D eigenvalue weighted by atomic mass is 10.1. The lowest BCUT2D eigenvalue weighted by molar-refractivity contribution is -0.135. The maximum Gasteiger partial charge on any atom is 0.229 e. The van der Waals surface area contributed by atoms with Gasteiger partial charge >= 0.3 is 0 Å². The molecule has 1 aliphatic carbocycles. The van der Waals surface area contributed by atoms with Crippen LogP contribution in [0.25, 0.3) is 0 Å². The molecule has 2 nitrogen and oxygen atoms in total. The van der Waals surface area contributed by atoms with Crippen LogP contribution >= 0.6 is 34.8 Å². The summed E-state index contributed by atoms with van der Waals surface area (Å²) in [6.45, 7) is 4.49. The fourth-order valence-electron chi connectivity index (χ4n) is 2.03. The van der Waals surface area contributed by atoms with Crippen molar-refractivity contribution >= 4 is 40.7 Å². The molecule has 0 aliphatic heterocycles. The molecule has 1 atom stereocenters. The molecule has 0 radical (unpaired) electrons. The first-order valence-corrected chi connectivity index (χ1v) is 7.37. The lowest BCUT2D eigenvalue weighted by Crippen LogP contribution is -2.38. The van der Waals surface area contributed by atoms with Gasteiger partial charge in [0.1, 0.15) is 4.33 Å². The van der Waals surface area contributed by atoms with Crippen LogP contribution in [0.15, 0.2) is 24.3 Å². The van der Waals surface area contributed by atoms with Gasteiger partial charge in [0.05, 0.1) is 5.92 Å². The van der Waals surface area contributed by atoms with Crippen LogP contribution in [0.5, 0.6) is 0 Å². The summed E-state index contributed by atoms with van der Waals surface area (Å²) in [5, 5.41) is 0.670. The molecule has 1 aliphatic rings. The Labute approximate surface area is 128 Å². The lowest BCUT2D eigenvalue weighted by Gasteiger charge is -2.27. The minimum Gasteiger partial charge on any atom is -0.336 e. The van der Waals surface area contributed by atoms with Crippen molar-refractivity contribution in [3.63, 3.8) is 0 Å². The quantitative estimate of drug-likeness (QED) is 0.759. The molecule has 0 saturated heterocycles. The summed E-state index contributed by atoms with van der Waals surface area (Å²) in [6, 6.07) is 7.61. The largest absolute Gasteiger partial charge is 0.336 e. The summed E-state index contributed by atoms with van der Waals surface area (Å²) in [5.74, 6) is -0.266. The highest BCUT2D eigenvalue weighted by molar-refractivity contribution is 6.52. The van der Waals surface area contributed by atoms with E-state index < -0.39 is 4.33 Å². The van der Waals surface area contributed by atoms with Crippen LogP contribution in [0.4, 0.5) is 0 Å². The highest BCUT2D eigenvalue weighted by Crippen LogP contribution is 2.54. The number of nitrogens with zero attached hydrogens (tertiary/aromatic N) is 1. The maximum atomic E-state index is 12.4. The Morgan fingerprint density at radius 3 is 2.58 bits per heavy atom. The van der Waals surface area contributed by atoms with Gasteiger partial charge in [0.25, 0.3) is 0 Å². The van der Waals surface area contributed by atoms with Crippen LogP contribution in [-0.4, -0.2) is 21.2 Å². The Balaban J connectivity index is 2.11. The Hall–Kier alpha value is -0.440. The highest BCUT2D eigenvalue weighted by atomic mass is 35.5. The van der Waals surface area contributed by atoms with E-state index in [1.54, 1.807) is 4.90 Å². The first kappa shape index (κ1) is 15.0. The molecule has 0 bridgehead atoms. The van der Waals surface area contributed by atoms with E-state index in [9.17, 15) is 4.79 Å². The predicted octanol–water partition coefficient (Wildman–Crippen LogP) is 4.27. The van der Waals surface area contributed by atoms with Crippen molar-refractivity contribution in [2.45, 2.75) is 37.2 Å². The molecule has 19 heavy (non-hydrogen) atoms. The van der Waals surface area contributed by atoms with Crippen molar-refractivity contribution in [1.29, 1.82) is 0 Å². The van der Waals surface area contributed by atoms with Crippen molar-refractivity contribution < 1.29 is 4.79 Å². The average molecular weight is 321 g/mol. The average Bonchev–Trinajstić information content (AvgIpc) is 2.94. The first-order chi connectivity index (χ1) is 8.81. The Bertz CT molecular complexity index is 487. The smallest absolute Gasteiger partial charge is 0.229 e. The molecule has 0 N–H and O–H groups in total. The minimum absolute atomic E-state index is 0.0139. The molecule has 1 unspecified atom stereocenters. The van der Waals surface area contributed by atoms with Gasteiger partial charge in [-0.15, -0.1) is 23.2 Å². The molecule has 5 heteroatoms. The number of hydrogen-bond acceptors (Lipinski definition) is 1. The third-order valence-electron chi connectivity index (χ3n) is 3.27. The number of rotatable bonds is 4. The van der Waals surface area contributed by atoms with E-state index in [0.717, 1.165) is 5.56 Å². The van der Waals surface area contributed by atoms with Gasteiger partial charge in [0.15, 0.2) is 0 Å². The van der Waals surface area contributed by atoms with Gasteiger partial charge in [-0.25, -0.2) is 0 Å². The Kier molecular flexibility index (Phi) is 4.34. The van der Waals surface area contributed by atoms with Crippen LogP contribution in [0.2, 0.25) is 5.02 Å². The van der Waals surface area contributed by atoms with Gasteiger partial charge in [0.2, 0.25) is 5.91 Å². The van der Waals surface area contributed by atoms with Crippen LogP contribution in [0, 0.1) is 5.92 Å². The second-order valence-corrected chi connectivity index (χ2v) is 7.19. The van der Waals surface area contributed by atoms with Gasteiger partial charge in [-0.1, -0.05) is 23.7 Å². The Morgan fingerprint density at radius 2 is 2.11 bits per heavy atom. The molecule has 1 saturated carbocycles. The SMILES string of the molecule is CC(C)N(Cc1cccc(Cl)c1)C(=O)C1CC1(Cl)Cl. The standard InChI is InChI=1S/C14H16Cl3NO/c1-9(2)18(13(19)12-7-14(12,16)17)8-10-4-3-5-11(15)6-10/h3-6,9,12H,7-8H2,1-2H3. The maximum absolute atomic E-state index is 12.4. The van der Waals surface area contributed by atoms with Crippen molar-refractivity contribution in [3.05, 3.63) is 34.9 Å². The number of halogens is 3. The zero-order chi connectivity index (χ0) is 14.2. The summed E-state index contributed by atoms with van der Waals surface area (Å²) >= 11 is 17.9. The summed E-state index contributed by atoms with van der Waals surface area (Å²) in [4.78, 5) is 14.2. The zero-order valence-electron chi connectivity index (χ0n) is 10.9. The van der Waals surface area contributed by atoms with Crippen LogP contribution in [-0.2, 0) is 11.3 Å². The van der Waals surface area contributed by atoms with E-state index in [4.69, 9.17) is 34.8 Å². The van der Waals surface area contributed by atoms with Gasteiger partial charge < -0.3 is 4.90 Å². The molecule has 0 spiro atoms. The van der Waals surface area contributed by atoms with Gasteiger partial charge in [-0.05, 0) is 38.0 Å².